The molecule has 3 aromatic rings. The van der Waals surface area contributed by atoms with Gasteiger partial charge in [0.15, 0.2) is 11.5 Å². The van der Waals surface area contributed by atoms with Crippen molar-refractivity contribution in [1.29, 1.82) is 0 Å². The summed E-state index contributed by atoms with van der Waals surface area (Å²) in [5.74, 6) is 0.544. The molecular formula is C26H25N3O4. The summed E-state index contributed by atoms with van der Waals surface area (Å²) in [6, 6.07) is 12.3. The highest BCUT2D eigenvalue weighted by Crippen LogP contribution is 2.48. The van der Waals surface area contributed by atoms with Crippen molar-refractivity contribution in [2.24, 2.45) is 0 Å². The van der Waals surface area contributed by atoms with Gasteiger partial charge in [0.2, 0.25) is 5.91 Å². The minimum Gasteiger partial charge on any atom is -0.486 e. The van der Waals surface area contributed by atoms with Gasteiger partial charge >= 0.3 is 0 Å². The van der Waals surface area contributed by atoms with Crippen LogP contribution in [0.25, 0.3) is 10.9 Å². The predicted octanol–water partition coefficient (Wildman–Crippen LogP) is 4.19. The lowest BCUT2D eigenvalue weighted by Gasteiger charge is -2.23. The molecule has 4 heterocycles. The fourth-order valence-corrected chi connectivity index (χ4v) is 5.25. The van der Waals surface area contributed by atoms with Gasteiger partial charge in [0.05, 0.1) is 17.6 Å². The number of hydrogen-bond acceptors (Lipinski definition) is 5. The van der Waals surface area contributed by atoms with Crippen LogP contribution >= 0.6 is 0 Å². The summed E-state index contributed by atoms with van der Waals surface area (Å²) in [7, 11) is 0. The molecule has 3 aliphatic heterocycles. The number of rotatable bonds is 2. The van der Waals surface area contributed by atoms with E-state index in [4.69, 9.17) is 9.47 Å². The molecule has 1 aromatic heterocycles. The minimum atomic E-state index is -0.341. The molecule has 0 aliphatic carbocycles. The molecule has 1 N–H and O–H groups in total. The minimum absolute atomic E-state index is 0.245. The molecule has 1 atom stereocenters. The highest BCUT2D eigenvalue weighted by Gasteiger charge is 2.42. The SMILES string of the molecule is CC(=O)N1CC2=C(C1=O)[C@H](c1ccc3c(c1)OCCO3)c1cn(C(C)C)c3cccc(c13)N2. The molecule has 7 nitrogen and oxygen atoms in total. The van der Waals surface area contributed by atoms with Gasteiger partial charge in [0.1, 0.15) is 13.2 Å². The highest BCUT2D eigenvalue weighted by molar-refractivity contribution is 6.11. The summed E-state index contributed by atoms with van der Waals surface area (Å²) in [6.07, 6.45) is 2.15. The molecule has 0 unspecified atom stereocenters. The van der Waals surface area contributed by atoms with E-state index in [2.05, 4.69) is 36.0 Å². The van der Waals surface area contributed by atoms with Gasteiger partial charge in [0.25, 0.3) is 5.91 Å². The van der Waals surface area contributed by atoms with E-state index in [1.54, 1.807) is 0 Å². The first-order chi connectivity index (χ1) is 15.9. The Balaban J connectivity index is 1.63. The second-order valence-corrected chi connectivity index (χ2v) is 9.05. The number of amides is 2. The van der Waals surface area contributed by atoms with Gasteiger partial charge in [-0.05, 0) is 49.2 Å². The van der Waals surface area contributed by atoms with Crippen molar-refractivity contribution in [3.63, 3.8) is 0 Å². The van der Waals surface area contributed by atoms with Crippen molar-refractivity contribution >= 4 is 28.4 Å². The van der Waals surface area contributed by atoms with Crippen LogP contribution in [0.4, 0.5) is 5.69 Å². The fourth-order valence-electron chi connectivity index (χ4n) is 5.25. The van der Waals surface area contributed by atoms with Crippen molar-refractivity contribution in [1.82, 2.24) is 9.47 Å². The lowest BCUT2D eigenvalue weighted by atomic mass is 9.84. The normalized spacial score (nSPS) is 19.1. The Morgan fingerprint density at radius 3 is 2.67 bits per heavy atom. The Bertz CT molecular complexity index is 1370. The first-order valence-electron chi connectivity index (χ1n) is 11.3. The largest absolute Gasteiger partial charge is 0.486 e. The molecule has 0 saturated carbocycles. The molecule has 2 amide bonds. The molecule has 0 fully saturated rings. The first-order valence-corrected chi connectivity index (χ1v) is 11.3. The number of anilines is 1. The van der Waals surface area contributed by atoms with Crippen LogP contribution in [0.3, 0.4) is 0 Å². The molecule has 2 aromatic carbocycles. The summed E-state index contributed by atoms with van der Waals surface area (Å²) in [6.45, 7) is 6.99. The molecule has 6 rings (SSSR count). The Labute approximate surface area is 191 Å². The third kappa shape index (κ3) is 2.88. The van der Waals surface area contributed by atoms with Crippen LogP contribution < -0.4 is 14.8 Å². The Morgan fingerprint density at radius 2 is 1.91 bits per heavy atom. The number of aromatic nitrogens is 1. The second-order valence-electron chi connectivity index (χ2n) is 9.05. The monoisotopic (exact) mass is 443 g/mol. The van der Waals surface area contributed by atoms with E-state index >= 15 is 0 Å². The van der Waals surface area contributed by atoms with E-state index in [0.29, 0.717) is 30.3 Å². The number of nitrogens with zero attached hydrogens (tertiary/aromatic N) is 2. The number of fused-ring (bicyclic) bond motifs is 1. The van der Waals surface area contributed by atoms with Crippen LogP contribution in [0, 0.1) is 0 Å². The lowest BCUT2D eigenvalue weighted by Crippen LogP contribution is -2.33. The average Bonchev–Trinajstić information content (AvgIpc) is 3.29. The predicted molar refractivity (Wildman–Crippen MR) is 125 cm³/mol. The molecule has 0 spiro atoms. The average molecular weight is 444 g/mol. The van der Waals surface area contributed by atoms with E-state index in [9.17, 15) is 9.59 Å². The Hall–Kier alpha value is -3.74. The van der Waals surface area contributed by atoms with E-state index < -0.39 is 0 Å². The quantitative estimate of drug-likeness (QED) is 0.643. The van der Waals surface area contributed by atoms with Gasteiger partial charge in [-0.3, -0.25) is 14.5 Å². The van der Waals surface area contributed by atoms with Crippen molar-refractivity contribution in [3.05, 3.63) is 65.0 Å². The molecule has 3 aliphatic rings. The van der Waals surface area contributed by atoms with E-state index in [0.717, 1.165) is 33.4 Å². The van der Waals surface area contributed by atoms with Crippen molar-refractivity contribution < 1.29 is 19.1 Å². The number of carbonyl (C=O) groups is 2. The zero-order chi connectivity index (χ0) is 22.9. The molecule has 7 heteroatoms. The third-order valence-corrected chi connectivity index (χ3v) is 6.73. The number of carbonyl (C=O) groups excluding carboxylic acids is 2. The molecule has 168 valence electrons. The standard InChI is InChI=1S/C26H25N3O4/c1-14(2)28-12-17-23(16-7-8-21-22(11-16)33-10-9-32-21)25-19(13-29(15(3)30)26(25)31)27-18-5-4-6-20(28)24(17)18/h4-8,11-12,14,23,27H,9-10,13H2,1-3H3/t23-/m1/s1. The van der Waals surface area contributed by atoms with Gasteiger partial charge in [-0.25, -0.2) is 0 Å². The highest BCUT2D eigenvalue weighted by atomic mass is 16.6. The second kappa shape index (κ2) is 7.13. The number of imide groups is 1. The van der Waals surface area contributed by atoms with Gasteiger partial charge < -0.3 is 19.4 Å². The number of hydrogen-bond donors (Lipinski definition) is 1. The van der Waals surface area contributed by atoms with Crippen LogP contribution in [0.5, 0.6) is 11.5 Å². The van der Waals surface area contributed by atoms with Crippen molar-refractivity contribution in [3.8, 4) is 11.5 Å². The van der Waals surface area contributed by atoms with Crippen LogP contribution in [-0.2, 0) is 9.59 Å². The summed E-state index contributed by atoms with van der Waals surface area (Å²) < 4.78 is 13.8. The van der Waals surface area contributed by atoms with E-state index in [1.807, 2.05) is 30.3 Å². The summed E-state index contributed by atoms with van der Waals surface area (Å²) in [5.41, 5.74) is 5.43. The topological polar surface area (TPSA) is 72.8 Å². The van der Waals surface area contributed by atoms with Crippen molar-refractivity contribution in [2.75, 3.05) is 25.1 Å². The lowest BCUT2D eigenvalue weighted by molar-refractivity contribution is -0.139. The van der Waals surface area contributed by atoms with Crippen LogP contribution in [0.15, 0.2) is 53.9 Å². The fraction of sp³-hybridized carbons (Fsp3) is 0.308. The van der Waals surface area contributed by atoms with E-state index in [1.165, 1.54) is 11.8 Å². The number of nitrogens with one attached hydrogen (secondary N) is 1. The molecule has 33 heavy (non-hydrogen) atoms. The first kappa shape index (κ1) is 19.9. The Kier molecular flexibility index (Phi) is 4.30. The molecule has 0 saturated heterocycles. The maximum atomic E-state index is 13.6. The van der Waals surface area contributed by atoms with Gasteiger partial charge in [-0.1, -0.05) is 12.1 Å². The third-order valence-electron chi connectivity index (χ3n) is 6.73. The molecular weight excluding hydrogens is 418 g/mol. The summed E-state index contributed by atoms with van der Waals surface area (Å²) in [4.78, 5) is 27.1. The summed E-state index contributed by atoms with van der Waals surface area (Å²) in [5, 5.41) is 4.61. The van der Waals surface area contributed by atoms with Gasteiger partial charge in [0, 0.05) is 41.9 Å². The van der Waals surface area contributed by atoms with Crippen molar-refractivity contribution in [2.45, 2.75) is 32.7 Å². The Morgan fingerprint density at radius 1 is 1.12 bits per heavy atom. The van der Waals surface area contributed by atoms with Crippen LogP contribution in [0.2, 0.25) is 0 Å². The van der Waals surface area contributed by atoms with E-state index in [-0.39, 0.29) is 30.3 Å². The zero-order valence-electron chi connectivity index (χ0n) is 18.8. The zero-order valence-corrected chi connectivity index (χ0v) is 18.8. The van der Waals surface area contributed by atoms with Crippen LogP contribution in [0.1, 0.15) is 43.9 Å². The summed E-state index contributed by atoms with van der Waals surface area (Å²) >= 11 is 0. The van der Waals surface area contributed by atoms with Gasteiger partial charge in [-0.15, -0.1) is 0 Å². The maximum absolute atomic E-state index is 13.6. The smallest absolute Gasteiger partial charge is 0.259 e. The number of ether oxygens (including phenoxy) is 2. The van der Waals surface area contributed by atoms with Crippen LogP contribution in [-0.4, -0.2) is 41.0 Å². The number of benzene rings is 2. The maximum Gasteiger partial charge on any atom is 0.259 e. The van der Waals surface area contributed by atoms with Gasteiger partial charge in [-0.2, -0.15) is 0 Å². The molecule has 0 bridgehead atoms. The molecule has 0 radical (unpaired) electrons.